The molecule has 0 aromatic heterocycles. The molecular weight excluding hydrogens is 377 g/mol. The van der Waals surface area contributed by atoms with E-state index >= 15 is 0 Å². The van der Waals surface area contributed by atoms with Crippen molar-refractivity contribution in [1.29, 1.82) is 0 Å². The topological polar surface area (TPSA) is 45.7 Å². The highest BCUT2D eigenvalue weighted by Crippen LogP contribution is 2.10. The molecule has 0 radical (unpaired) electrons. The molecule has 0 fully saturated rings. The first kappa shape index (κ1) is 20.0. The lowest BCUT2D eigenvalue weighted by molar-refractivity contribution is 0.230. The Kier molecular flexibility index (Phi) is 9.41. The lowest BCUT2D eigenvalue weighted by atomic mass is 10.1. The van der Waals surface area contributed by atoms with Gasteiger partial charge in [0.2, 0.25) is 0 Å². The molecule has 0 saturated heterocycles. The summed E-state index contributed by atoms with van der Waals surface area (Å²) in [5.41, 5.74) is -0.00940. The van der Waals surface area contributed by atoms with Gasteiger partial charge in [0.1, 0.15) is 11.9 Å². The average molecular weight is 405 g/mol. The van der Waals surface area contributed by atoms with Crippen LogP contribution >= 0.6 is 24.0 Å². The predicted molar refractivity (Wildman–Crippen MR) is 101 cm³/mol. The van der Waals surface area contributed by atoms with Crippen molar-refractivity contribution in [2.24, 2.45) is 4.99 Å². The summed E-state index contributed by atoms with van der Waals surface area (Å²) in [6.45, 7) is 11.9. The first-order chi connectivity index (χ1) is 9.40. The average Bonchev–Trinajstić information content (AvgIpc) is 2.36. The number of nitrogens with zero attached hydrogens (tertiary/aromatic N) is 1. The SMILES string of the molecule is CCNC(=NCC(C)Oc1ccccc1)NC(C)(C)C.I. The quantitative estimate of drug-likeness (QED) is 0.448. The van der Waals surface area contributed by atoms with E-state index < -0.39 is 0 Å². The molecule has 1 aromatic carbocycles. The zero-order valence-electron chi connectivity index (χ0n) is 13.6. The van der Waals surface area contributed by atoms with Crippen molar-refractivity contribution in [3.63, 3.8) is 0 Å². The standard InChI is InChI=1S/C16H27N3O.HI/c1-6-17-15(19-16(3,4)5)18-12-13(2)20-14-10-8-7-9-11-14;/h7-11,13H,6,12H2,1-5H3,(H2,17,18,19);1H. The number of nitrogens with one attached hydrogen (secondary N) is 2. The minimum atomic E-state index is -0.00940. The van der Waals surface area contributed by atoms with Crippen LogP contribution in [0.2, 0.25) is 0 Å². The van der Waals surface area contributed by atoms with Crippen LogP contribution in [0.5, 0.6) is 5.75 Å². The summed E-state index contributed by atoms with van der Waals surface area (Å²) in [5, 5.41) is 6.60. The smallest absolute Gasteiger partial charge is 0.191 e. The Morgan fingerprint density at radius 1 is 1.24 bits per heavy atom. The Morgan fingerprint density at radius 2 is 1.86 bits per heavy atom. The molecule has 0 bridgehead atoms. The van der Waals surface area contributed by atoms with Crippen molar-refractivity contribution in [2.75, 3.05) is 13.1 Å². The summed E-state index contributed by atoms with van der Waals surface area (Å²) in [6.07, 6.45) is 0.0350. The lowest BCUT2D eigenvalue weighted by Gasteiger charge is -2.24. The monoisotopic (exact) mass is 405 g/mol. The molecule has 5 heteroatoms. The van der Waals surface area contributed by atoms with Crippen molar-refractivity contribution in [3.05, 3.63) is 30.3 Å². The highest BCUT2D eigenvalue weighted by molar-refractivity contribution is 14.0. The first-order valence-electron chi connectivity index (χ1n) is 7.19. The third-order valence-electron chi connectivity index (χ3n) is 2.42. The molecule has 0 saturated carbocycles. The molecule has 21 heavy (non-hydrogen) atoms. The van der Waals surface area contributed by atoms with Gasteiger partial charge in [-0.15, -0.1) is 24.0 Å². The number of hydrogen-bond acceptors (Lipinski definition) is 2. The predicted octanol–water partition coefficient (Wildman–Crippen LogP) is 3.43. The van der Waals surface area contributed by atoms with Crippen LogP contribution < -0.4 is 15.4 Å². The second-order valence-electron chi connectivity index (χ2n) is 5.84. The number of hydrogen-bond donors (Lipinski definition) is 2. The molecule has 0 aliphatic rings. The van der Waals surface area contributed by atoms with Crippen LogP contribution in [-0.4, -0.2) is 30.7 Å². The molecule has 0 heterocycles. The van der Waals surface area contributed by atoms with Gasteiger partial charge in [-0.05, 0) is 46.8 Å². The summed E-state index contributed by atoms with van der Waals surface area (Å²) < 4.78 is 5.81. The van der Waals surface area contributed by atoms with Gasteiger partial charge in [-0.1, -0.05) is 18.2 Å². The Morgan fingerprint density at radius 3 is 2.38 bits per heavy atom. The van der Waals surface area contributed by atoms with E-state index in [2.05, 4.69) is 43.3 Å². The largest absolute Gasteiger partial charge is 0.489 e. The fraction of sp³-hybridized carbons (Fsp3) is 0.562. The molecule has 1 atom stereocenters. The molecule has 1 aromatic rings. The minimum absolute atomic E-state index is 0. The third kappa shape index (κ3) is 9.55. The van der Waals surface area contributed by atoms with Crippen molar-refractivity contribution in [1.82, 2.24) is 10.6 Å². The van der Waals surface area contributed by atoms with Gasteiger partial charge in [0, 0.05) is 12.1 Å². The second-order valence-corrected chi connectivity index (χ2v) is 5.84. The highest BCUT2D eigenvalue weighted by Gasteiger charge is 2.12. The van der Waals surface area contributed by atoms with E-state index in [0.717, 1.165) is 18.3 Å². The summed E-state index contributed by atoms with van der Waals surface area (Å²) in [5.74, 6) is 1.70. The van der Waals surface area contributed by atoms with Gasteiger partial charge in [0.05, 0.1) is 6.54 Å². The maximum Gasteiger partial charge on any atom is 0.191 e. The minimum Gasteiger partial charge on any atom is -0.489 e. The van der Waals surface area contributed by atoms with E-state index in [1.807, 2.05) is 37.3 Å². The third-order valence-corrected chi connectivity index (χ3v) is 2.42. The van der Waals surface area contributed by atoms with E-state index in [9.17, 15) is 0 Å². The van der Waals surface area contributed by atoms with Crippen LogP contribution in [0.1, 0.15) is 34.6 Å². The molecule has 0 spiro atoms. The van der Waals surface area contributed by atoms with Gasteiger partial charge in [0.25, 0.3) is 0 Å². The van der Waals surface area contributed by atoms with Gasteiger partial charge >= 0.3 is 0 Å². The summed E-state index contributed by atoms with van der Waals surface area (Å²) in [6, 6.07) is 9.83. The molecule has 0 amide bonds. The van der Waals surface area contributed by atoms with Crippen LogP contribution in [0, 0.1) is 0 Å². The van der Waals surface area contributed by atoms with E-state index in [0.29, 0.717) is 6.54 Å². The fourth-order valence-electron chi connectivity index (χ4n) is 1.65. The van der Waals surface area contributed by atoms with Crippen LogP contribution in [0.4, 0.5) is 0 Å². The number of guanidine groups is 1. The van der Waals surface area contributed by atoms with Crippen LogP contribution in [-0.2, 0) is 0 Å². The van der Waals surface area contributed by atoms with Crippen LogP contribution in [0.25, 0.3) is 0 Å². The Balaban J connectivity index is 0.00000400. The fourth-order valence-corrected chi connectivity index (χ4v) is 1.65. The molecule has 1 rings (SSSR count). The molecular formula is C16H28IN3O. The van der Waals surface area contributed by atoms with Gasteiger partial charge < -0.3 is 15.4 Å². The number of ether oxygens (including phenoxy) is 1. The normalized spacial score (nSPS) is 13.1. The maximum absolute atomic E-state index is 5.81. The van der Waals surface area contributed by atoms with E-state index in [-0.39, 0.29) is 35.6 Å². The first-order valence-corrected chi connectivity index (χ1v) is 7.19. The number of benzene rings is 1. The number of para-hydroxylation sites is 1. The number of halogens is 1. The van der Waals surface area contributed by atoms with Gasteiger partial charge in [0.15, 0.2) is 5.96 Å². The zero-order chi connectivity index (χ0) is 15.0. The number of rotatable bonds is 5. The zero-order valence-corrected chi connectivity index (χ0v) is 16.0. The Labute approximate surface area is 145 Å². The number of aliphatic imine (C=N–C) groups is 1. The Hall–Kier alpha value is -0.980. The molecule has 1 unspecified atom stereocenters. The van der Waals surface area contributed by atoms with Crippen molar-refractivity contribution >= 4 is 29.9 Å². The lowest BCUT2D eigenvalue weighted by Crippen LogP contribution is -2.47. The molecule has 120 valence electrons. The summed E-state index contributed by atoms with van der Waals surface area (Å²) >= 11 is 0. The molecule has 4 nitrogen and oxygen atoms in total. The second kappa shape index (κ2) is 9.87. The summed E-state index contributed by atoms with van der Waals surface area (Å²) in [7, 11) is 0. The van der Waals surface area contributed by atoms with E-state index in [1.165, 1.54) is 0 Å². The van der Waals surface area contributed by atoms with Gasteiger partial charge in [-0.3, -0.25) is 0 Å². The molecule has 2 N–H and O–H groups in total. The molecule has 0 aliphatic carbocycles. The Bertz CT molecular complexity index is 415. The van der Waals surface area contributed by atoms with Crippen molar-refractivity contribution < 1.29 is 4.74 Å². The van der Waals surface area contributed by atoms with Crippen LogP contribution in [0.15, 0.2) is 35.3 Å². The molecule has 0 aliphatic heterocycles. The van der Waals surface area contributed by atoms with Gasteiger partial charge in [-0.25, -0.2) is 4.99 Å². The van der Waals surface area contributed by atoms with Crippen molar-refractivity contribution in [3.8, 4) is 5.75 Å². The van der Waals surface area contributed by atoms with Crippen LogP contribution in [0.3, 0.4) is 0 Å². The van der Waals surface area contributed by atoms with Crippen molar-refractivity contribution in [2.45, 2.75) is 46.3 Å². The summed E-state index contributed by atoms with van der Waals surface area (Å²) in [4.78, 5) is 4.56. The van der Waals surface area contributed by atoms with Gasteiger partial charge in [-0.2, -0.15) is 0 Å². The van der Waals surface area contributed by atoms with E-state index in [1.54, 1.807) is 0 Å². The highest BCUT2D eigenvalue weighted by atomic mass is 127. The van der Waals surface area contributed by atoms with E-state index in [4.69, 9.17) is 4.74 Å². The maximum atomic E-state index is 5.81.